The summed E-state index contributed by atoms with van der Waals surface area (Å²) in [6, 6.07) is 21.6. The third-order valence-corrected chi connectivity index (χ3v) is 6.41. The Labute approximate surface area is 172 Å². The number of fused-ring (bicyclic) bond motifs is 1. The number of thioether (sulfide) groups is 1. The average molecular weight is 388 g/mol. The fourth-order valence-electron chi connectivity index (χ4n) is 4.27. The van der Waals surface area contributed by atoms with Crippen molar-refractivity contribution in [3.8, 4) is 6.07 Å². The Bertz CT molecular complexity index is 932. The SMILES string of the molecule is CS/C(=C\C#N)C1=C(N2CCN(c3ccccc3)CC2)CCc2ccccc21. The molecule has 1 heterocycles. The summed E-state index contributed by atoms with van der Waals surface area (Å²) in [7, 11) is 0. The van der Waals surface area contributed by atoms with Gasteiger partial charge in [0.2, 0.25) is 0 Å². The first kappa shape index (κ1) is 18.7. The third kappa shape index (κ3) is 3.68. The van der Waals surface area contributed by atoms with Gasteiger partial charge in [-0.2, -0.15) is 5.26 Å². The number of nitrogens with zero attached hydrogens (tertiary/aromatic N) is 3. The lowest BCUT2D eigenvalue weighted by Crippen LogP contribution is -2.46. The molecule has 0 saturated carbocycles. The van der Waals surface area contributed by atoms with Crippen molar-refractivity contribution in [2.75, 3.05) is 37.3 Å². The standard InChI is InChI=1S/C24H25N3S/c1-28-23(13-14-25)24-21-10-6-5-7-19(21)11-12-22(24)27-17-15-26(16-18-27)20-8-3-2-4-9-20/h2-10,13H,11-12,15-18H2,1H3/b23-13-. The van der Waals surface area contributed by atoms with Crippen LogP contribution in [0.25, 0.3) is 5.57 Å². The van der Waals surface area contributed by atoms with Crippen LogP contribution in [0, 0.1) is 11.3 Å². The van der Waals surface area contributed by atoms with Gasteiger partial charge in [0.1, 0.15) is 0 Å². The molecular weight excluding hydrogens is 362 g/mol. The highest BCUT2D eigenvalue weighted by Crippen LogP contribution is 2.41. The van der Waals surface area contributed by atoms with Gasteiger partial charge in [-0.3, -0.25) is 0 Å². The van der Waals surface area contributed by atoms with Gasteiger partial charge in [0.15, 0.2) is 0 Å². The normalized spacial score (nSPS) is 17.4. The molecule has 28 heavy (non-hydrogen) atoms. The van der Waals surface area contributed by atoms with E-state index in [0.29, 0.717) is 0 Å². The lowest BCUT2D eigenvalue weighted by Gasteiger charge is -2.41. The Kier molecular flexibility index (Phi) is 5.73. The highest BCUT2D eigenvalue weighted by molar-refractivity contribution is 8.03. The Balaban J connectivity index is 1.66. The van der Waals surface area contributed by atoms with E-state index in [1.165, 1.54) is 28.1 Å². The number of nitriles is 1. The molecule has 1 fully saturated rings. The molecule has 0 bridgehead atoms. The quantitative estimate of drug-likeness (QED) is 0.696. The number of benzene rings is 2. The van der Waals surface area contributed by atoms with Gasteiger partial charge in [-0.15, -0.1) is 11.8 Å². The first-order chi connectivity index (χ1) is 13.8. The van der Waals surface area contributed by atoms with Gasteiger partial charge >= 0.3 is 0 Å². The molecule has 2 aliphatic rings. The number of hydrogen-bond donors (Lipinski definition) is 0. The zero-order valence-corrected chi connectivity index (χ0v) is 17.1. The molecule has 0 aromatic heterocycles. The van der Waals surface area contributed by atoms with Crippen LogP contribution >= 0.6 is 11.8 Å². The van der Waals surface area contributed by atoms with Crippen LogP contribution < -0.4 is 4.90 Å². The van der Waals surface area contributed by atoms with E-state index in [4.69, 9.17) is 0 Å². The van der Waals surface area contributed by atoms with Crippen LogP contribution in [0.2, 0.25) is 0 Å². The van der Waals surface area contributed by atoms with E-state index in [1.54, 1.807) is 17.8 Å². The molecule has 0 radical (unpaired) electrons. The minimum absolute atomic E-state index is 1.02. The van der Waals surface area contributed by atoms with Gasteiger partial charge < -0.3 is 9.80 Å². The van der Waals surface area contributed by atoms with Crippen molar-refractivity contribution in [2.24, 2.45) is 0 Å². The minimum atomic E-state index is 1.02. The predicted molar refractivity (Wildman–Crippen MR) is 119 cm³/mol. The van der Waals surface area contributed by atoms with Crippen LogP contribution in [-0.4, -0.2) is 37.3 Å². The van der Waals surface area contributed by atoms with Gasteiger partial charge in [-0.1, -0.05) is 42.5 Å². The fourth-order valence-corrected chi connectivity index (χ4v) is 4.87. The van der Waals surface area contributed by atoms with E-state index in [-0.39, 0.29) is 0 Å². The number of rotatable bonds is 4. The van der Waals surface area contributed by atoms with E-state index in [1.807, 2.05) is 0 Å². The summed E-state index contributed by atoms with van der Waals surface area (Å²) in [5.74, 6) is 0. The molecule has 2 aromatic rings. The molecule has 0 atom stereocenters. The van der Waals surface area contributed by atoms with Crippen LogP contribution in [0.1, 0.15) is 17.5 Å². The molecule has 1 saturated heterocycles. The molecule has 0 amide bonds. The maximum Gasteiger partial charge on any atom is 0.0924 e. The fraction of sp³-hybridized carbons (Fsp3) is 0.292. The second kappa shape index (κ2) is 8.58. The summed E-state index contributed by atoms with van der Waals surface area (Å²) < 4.78 is 0. The molecule has 1 aliphatic carbocycles. The molecule has 0 unspecified atom stereocenters. The topological polar surface area (TPSA) is 30.3 Å². The lowest BCUT2D eigenvalue weighted by atomic mass is 9.87. The van der Waals surface area contributed by atoms with Crippen LogP contribution in [0.5, 0.6) is 0 Å². The van der Waals surface area contributed by atoms with Crippen molar-refractivity contribution in [2.45, 2.75) is 12.8 Å². The molecule has 4 heteroatoms. The number of anilines is 1. The van der Waals surface area contributed by atoms with Crippen LogP contribution in [0.4, 0.5) is 5.69 Å². The molecule has 4 rings (SSSR count). The zero-order valence-electron chi connectivity index (χ0n) is 16.3. The van der Waals surface area contributed by atoms with Crippen molar-refractivity contribution >= 4 is 23.0 Å². The summed E-state index contributed by atoms with van der Waals surface area (Å²) in [6.07, 6.45) is 5.89. The second-order valence-corrected chi connectivity index (χ2v) is 7.98. The summed E-state index contributed by atoms with van der Waals surface area (Å²) in [5.41, 5.74) is 6.66. The predicted octanol–water partition coefficient (Wildman–Crippen LogP) is 4.94. The molecular formula is C24H25N3S. The smallest absolute Gasteiger partial charge is 0.0924 e. The lowest BCUT2D eigenvalue weighted by molar-refractivity contribution is 0.311. The van der Waals surface area contributed by atoms with Gasteiger partial charge in [-0.25, -0.2) is 0 Å². The Morgan fingerprint density at radius 2 is 1.61 bits per heavy atom. The van der Waals surface area contributed by atoms with Gasteiger partial charge in [-0.05, 0) is 42.4 Å². The first-order valence-electron chi connectivity index (χ1n) is 9.82. The largest absolute Gasteiger partial charge is 0.371 e. The van der Waals surface area contributed by atoms with E-state index < -0.39 is 0 Å². The minimum Gasteiger partial charge on any atom is -0.371 e. The number of aryl methyl sites for hydroxylation is 1. The number of para-hydroxylation sites is 1. The van der Waals surface area contributed by atoms with E-state index in [0.717, 1.165) is 43.9 Å². The monoisotopic (exact) mass is 387 g/mol. The van der Waals surface area contributed by atoms with Gasteiger partial charge in [0.25, 0.3) is 0 Å². The van der Waals surface area contributed by atoms with Gasteiger partial charge in [0, 0.05) is 54.1 Å². The Morgan fingerprint density at radius 3 is 2.32 bits per heavy atom. The molecule has 142 valence electrons. The van der Waals surface area contributed by atoms with Crippen LogP contribution in [-0.2, 0) is 6.42 Å². The third-order valence-electron chi connectivity index (χ3n) is 5.65. The van der Waals surface area contributed by atoms with E-state index in [2.05, 4.69) is 76.7 Å². The molecule has 0 spiro atoms. The summed E-state index contributed by atoms with van der Waals surface area (Å²) >= 11 is 1.67. The van der Waals surface area contributed by atoms with Crippen molar-refractivity contribution in [3.05, 3.63) is 82.4 Å². The average Bonchev–Trinajstić information content (AvgIpc) is 2.77. The Morgan fingerprint density at radius 1 is 0.929 bits per heavy atom. The summed E-state index contributed by atoms with van der Waals surface area (Å²) in [6.45, 7) is 4.09. The molecule has 2 aromatic carbocycles. The number of piperazine rings is 1. The van der Waals surface area contributed by atoms with Crippen molar-refractivity contribution in [1.29, 1.82) is 5.26 Å². The summed E-state index contributed by atoms with van der Waals surface area (Å²) in [4.78, 5) is 6.09. The maximum atomic E-state index is 9.32. The second-order valence-electron chi connectivity index (χ2n) is 7.13. The first-order valence-corrected chi connectivity index (χ1v) is 11.0. The highest BCUT2D eigenvalue weighted by Gasteiger charge is 2.27. The highest BCUT2D eigenvalue weighted by atomic mass is 32.2. The van der Waals surface area contributed by atoms with Crippen LogP contribution in [0.3, 0.4) is 0 Å². The Hall–Kier alpha value is -2.64. The number of hydrogen-bond acceptors (Lipinski definition) is 4. The zero-order chi connectivity index (χ0) is 19.3. The van der Waals surface area contributed by atoms with Crippen molar-refractivity contribution in [1.82, 2.24) is 4.90 Å². The molecule has 0 N–H and O–H groups in total. The molecule has 1 aliphatic heterocycles. The van der Waals surface area contributed by atoms with E-state index >= 15 is 0 Å². The van der Waals surface area contributed by atoms with Crippen molar-refractivity contribution < 1.29 is 0 Å². The molecule has 3 nitrogen and oxygen atoms in total. The van der Waals surface area contributed by atoms with E-state index in [9.17, 15) is 5.26 Å². The summed E-state index contributed by atoms with van der Waals surface area (Å²) in [5, 5.41) is 9.32. The van der Waals surface area contributed by atoms with Crippen molar-refractivity contribution in [3.63, 3.8) is 0 Å². The number of allylic oxidation sites excluding steroid dienone is 3. The maximum absolute atomic E-state index is 9.32. The van der Waals surface area contributed by atoms with Gasteiger partial charge in [0.05, 0.1) is 6.07 Å². The van der Waals surface area contributed by atoms with Crippen LogP contribution in [0.15, 0.2) is 71.3 Å².